The molecule has 0 aliphatic heterocycles. The number of amides is 1. The molecule has 0 aromatic heterocycles. The van der Waals surface area contributed by atoms with Crippen molar-refractivity contribution >= 4 is 11.6 Å². The van der Waals surface area contributed by atoms with Crippen molar-refractivity contribution in [1.82, 2.24) is 5.32 Å². The maximum Gasteiger partial charge on any atom is 0.263 e. The minimum absolute atomic E-state index is 0.0540. The Hall–Kier alpha value is -2.52. The second kappa shape index (κ2) is 7.81. The number of phenolic OH excluding ortho intramolecular Hbond substituents is 1. The van der Waals surface area contributed by atoms with Crippen LogP contribution in [0.25, 0.3) is 0 Å². The predicted molar refractivity (Wildman–Crippen MR) is 75.0 cm³/mol. The summed E-state index contributed by atoms with van der Waals surface area (Å²) in [5, 5.41) is 23.9. The van der Waals surface area contributed by atoms with Crippen molar-refractivity contribution in [3.8, 4) is 11.8 Å². The SMILES string of the molecule is COCCNC(=O)/C(C#N)=C\Nc1ccc(C)cc1O. The van der Waals surface area contributed by atoms with E-state index in [1.165, 1.54) is 13.3 Å². The number of hydrogen-bond acceptors (Lipinski definition) is 5. The smallest absolute Gasteiger partial charge is 0.263 e. The number of aromatic hydroxyl groups is 1. The van der Waals surface area contributed by atoms with Crippen molar-refractivity contribution < 1.29 is 14.6 Å². The molecule has 20 heavy (non-hydrogen) atoms. The Balaban J connectivity index is 2.70. The van der Waals surface area contributed by atoms with Gasteiger partial charge in [-0.1, -0.05) is 6.07 Å². The molecule has 0 bridgehead atoms. The van der Waals surface area contributed by atoms with Crippen LogP contribution in [0, 0.1) is 18.3 Å². The van der Waals surface area contributed by atoms with Crippen LogP contribution in [0.2, 0.25) is 0 Å². The first-order valence-corrected chi connectivity index (χ1v) is 6.02. The third kappa shape index (κ3) is 4.63. The number of aryl methyl sites for hydroxylation is 1. The average molecular weight is 275 g/mol. The zero-order valence-electron chi connectivity index (χ0n) is 11.4. The van der Waals surface area contributed by atoms with Crippen molar-refractivity contribution in [3.63, 3.8) is 0 Å². The van der Waals surface area contributed by atoms with Gasteiger partial charge in [0, 0.05) is 19.9 Å². The van der Waals surface area contributed by atoms with Gasteiger partial charge in [-0.15, -0.1) is 0 Å². The summed E-state index contributed by atoms with van der Waals surface area (Å²) >= 11 is 0. The van der Waals surface area contributed by atoms with E-state index in [1.54, 1.807) is 24.3 Å². The van der Waals surface area contributed by atoms with Crippen LogP contribution < -0.4 is 10.6 Å². The molecule has 0 saturated carbocycles. The number of nitrogens with zero attached hydrogens (tertiary/aromatic N) is 1. The summed E-state index contributed by atoms with van der Waals surface area (Å²) in [6, 6.07) is 6.85. The Morgan fingerprint density at radius 2 is 2.30 bits per heavy atom. The molecule has 1 aromatic rings. The third-order valence-electron chi connectivity index (χ3n) is 2.48. The molecule has 6 heteroatoms. The summed E-state index contributed by atoms with van der Waals surface area (Å²) in [6.45, 7) is 2.55. The van der Waals surface area contributed by atoms with Gasteiger partial charge < -0.3 is 20.5 Å². The lowest BCUT2D eigenvalue weighted by atomic mass is 10.2. The van der Waals surface area contributed by atoms with Gasteiger partial charge >= 0.3 is 0 Å². The predicted octanol–water partition coefficient (Wildman–Crippen LogP) is 1.28. The van der Waals surface area contributed by atoms with E-state index >= 15 is 0 Å². The van der Waals surface area contributed by atoms with E-state index in [4.69, 9.17) is 10.00 Å². The number of nitriles is 1. The summed E-state index contributed by atoms with van der Waals surface area (Å²) in [6.07, 6.45) is 1.26. The summed E-state index contributed by atoms with van der Waals surface area (Å²) in [5.41, 5.74) is 1.25. The van der Waals surface area contributed by atoms with E-state index in [1.807, 2.05) is 6.92 Å². The number of phenols is 1. The lowest BCUT2D eigenvalue weighted by Gasteiger charge is -2.06. The summed E-state index contributed by atoms with van der Waals surface area (Å²) in [5.74, 6) is -0.443. The minimum Gasteiger partial charge on any atom is -0.506 e. The number of carbonyl (C=O) groups excluding carboxylic acids is 1. The molecule has 0 fully saturated rings. The molecule has 6 nitrogen and oxygen atoms in total. The fraction of sp³-hybridized carbons (Fsp3) is 0.286. The highest BCUT2D eigenvalue weighted by atomic mass is 16.5. The number of rotatable bonds is 6. The molecule has 0 saturated heterocycles. The van der Waals surface area contributed by atoms with Crippen molar-refractivity contribution in [2.24, 2.45) is 0 Å². The monoisotopic (exact) mass is 275 g/mol. The van der Waals surface area contributed by atoms with Crippen molar-refractivity contribution in [2.75, 3.05) is 25.6 Å². The lowest BCUT2D eigenvalue weighted by molar-refractivity contribution is -0.117. The second-order valence-electron chi connectivity index (χ2n) is 4.08. The molecule has 0 radical (unpaired) electrons. The Morgan fingerprint density at radius 3 is 2.90 bits per heavy atom. The molecule has 1 aromatic carbocycles. The molecule has 1 rings (SSSR count). The zero-order valence-corrected chi connectivity index (χ0v) is 11.4. The van der Waals surface area contributed by atoms with E-state index < -0.39 is 5.91 Å². The summed E-state index contributed by atoms with van der Waals surface area (Å²) in [4.78, 5) is 11.6. The molecular formula is C14H17N3O3. The number of ether oxygens (including phenoxy) is 1. The van der Waals surface area contributed by atoms with Gasteiger partial charge in [-0.25, -0.2) is 0 Å². The fourth-order valence-electron chi connectivity index (χ4n) is 1.42. The van der Waals surface area contributed by atoms with E-state index in [0.717, 1.165) is 5.56 Å². The van der Waals surface area contributed by atoms with Crippen LogP contribution in [-0.2, 0) is 9.53 Å². The normalized spacial score (nSPS) is 10.8. The highest BCUT2D eigenvalue weighted by molar-refractivity contribution is 5.97. The molecule has 1 amide bonds. The Labute approximate surface area is 117 Å². The second-order valence-corrected chi connectivity index (χ2v) is 4.08. The van der Waals surface area contributed by atoms with Gasteiger partial charge in [0.25, 0.3) is 5.91 Å². The highest BCUT2D eigenvalue weighted by Gasteiger charge is 2.08. The first-order valence-electron chi connectivity index (χ1n) is 6.02. The zero-order chi connectivity index (χ0) is 15.0. The largest absolute Gasteiger partial charge is 0.506 e. The summed E-state index contributed by atoms with van der Waals surface area (Å²) < 4.78 is 4.80. The number of nitrogens with one attached hydrogen (secondary N) is 2. The first-order chi connectivity index (χ1) is 9.58. The Bertz CT molecular complexity index is 547. The van der Waals surface area contributed by atoms with E-state index in [2.05, 4.69) is 10.6 Å². The van der Waals surface area contributed by atoms with Gasteiger partial charge in [-0.3, -0.25) is 4.79 Å². The van der Waals surface area contributed by atoms with E-state index in [-0.39, 0.29) is 11.3 Å². The summed E-state index contributed by atoms with van der Waals surface area (Å²) in [7, 11) is 1.52. The molecule has 0 heterocycles. The Kier molecular flexibility index (Phi) is 6.07. The molecule has 0 unspecified atom stereocenters. The maximum atomic E-state index is 11.6. The van der Waals surface area contributed by atoms with Crippen LogP contribution in [0.1, 0.15) is 5.56 Å². The number of hydrogen-bond donors (Lipinski definition) is 3. The van der Waals surface area contributed by atoms with Crippen LogP contribution >= 0.6 is 0 Å². The third-order valence-corrected chi connectivity index (χ3v) is 2.48. The maximum absolute atomic E-state index is 11.6. The number of benzene rings is 1. The van der Waals surface area contributed by atoms with Gasteiger partial charge in [-0.2, -0.15) is 5.26 Å². The topological polar surface area (TPSA) is 94.4 Å². The average Bonchev–Trinajstić information content (AvgIpc) is 2.42. The van der Waals surface area contributed by atoms with Crippen LogP contribution in [0.4, 0.5) is 5.69 Å². The van der Waals surface area contributed by atoms with Gasteiger partial charge in [0.2, 0.25) is 0 Å². The number of methoxy groups -OCH3 is 1. The van der Waals surface area contributed by atoms with E-state index in [0.29, 0.717) is 18.8 Å². The molecule has 3 N–H and O–H groups in total. The number of anilines is 1. The van der Waals surface area contributed by atoms with Crippen molar-refractivity contribution in [2.45, 2.75) is 6.92 Å². The standard InChI is InChI=1S/C14H17N3O3/c1-10-3-4-12(13(18)7-10)17-9-11(8-15)14(19)16-5-6-20-2/h3-4,7,9,17-18H,5-6H2,1-2H3,(H,16,19)/b11-9-. The van der Waals surface area contributed by atoms with Gasteiger partial charge in [0.1, 0.15) is 17.4 Å². The molecular weight excluding hydrogens is 258 g/mol. The lowest BCUT2D eigenvalue weighted by Crippen LogP contribution is -2.28. The van der Waals surface area contributed by atoms with Gasteiger partial charge in [0.15, 0.2) is 0 Å². The quantitative estimate of drug-likeness (QED) is 0.315. The molecule has 0 atom stereocenters. The van der Waals surface area contributed by atoms with Crippen LogP contribution in [0.5, 0.6) is 5.75 Å². The van der Waals surface area contributed by atoms with E-state index in [9.17, 15) is 9.90 Å². The van der Waals surface area contributed by atoms with Gasteiger partial charge in [-0.05, 0) is 24.6 Å². The highest BCUT2D eigenvalue weighted by Crippen LogP contribution is 2.23. The fourth-order valence-corrected chi connectivity index (χ4v) is 1.42. The van der Waals surface area contributed by atoms with Crippen LogP contribution in [0.3, 0.4) is 0 Å². The molecule has 106 valence electrons. The first kappa shape index (κ1) is 15.5. The van der Waals surface area contributed by atoms with Crippen LogP contribution in [-0.4, -0.2) is 31.3 Å². The minimum atomic E-state index is -0.497. The van der Waals surface area contributed by atoms with Crippen LogP contribution in [0.15, 0.2) is 30.0 Å². The number of carbonyl (C=O) groups is 1. The van der Waals surface area contributed by atoms with Crippen molar-refractivity contribution in [3.05, 3.63) is 35.5 Å². The van der Waals surface area contributed by atoms with Crippen molar-refractivity contribution in [1.29, 1.82) is 5.26 Å². The molecule has 0 aliphatic carbocycles. The van der Waals surface area contributed by atoms with Gasteiger partial charge in [0.05, 0.1) is 12.3 Å². The Morgan fingerprint density at radius 1 is 1.55 bits per heavy atom. The molecule has 0 spiro atoms. The molecule has 0 aliphatic rings.